The first kappa shape index (κ1) is 18.0. The quantitative estimate of drug-likeness (QED) is 0.364. The Kier molecular flexibility index (Phi) is 5.88. The number of aryl methyl sites for hydroxylation is 1. The van der Waals surface area contributed by atoms with Crippen LogP contribution in [0.1, 0.15) is 22.3 Å². The summed E-state index contributed by atoms with van der Waals surface area (Å²) < 4.78 is 6.95. The Bertz CT molecular complexity index is 954. The van der Waals surface area contributed by atoms with E-state index in [1.807, 2.05) is 85.8 Å². The van der Waals surface area contributed by atoms with Crippen molar-refractivity contribution in [2.75, 3.05) is 0 Å². The highest BCUT2D eigenvalue weighted by atomic mass is 79.9. The zero-order chi connectivity index (χ0) is 18.4. The fourth-order valence-electron chi connectivity index (χ4n) is 2.57. The molecular formula is C23H18BrNO. The minimum Gasteiger partial charge on any atom is -0.488 e. The maximum atomic E-state index is 9.61. The van der Waals surface area contributed by atoms with Crippen molar-refractivity contribution >= 4 is 27.6 Å². The number of halogens is 1. The summed E-state index contributed by atoms with van der Waals surface area (Å²) in [5, 5.41) is 9.61. The minimum absolute atomic E-state index is 0.482. The van der Waals surface area contributed by atoms with Gasteiger partial charge in [-0.25, -0.2) is 0 Å². The minimum atomic E-state index is 0.482. The molecule has 0 saturated carbocycles. The molecule has 0 aliphatic rings. The third-order valence-corrected chi connectivity index (χ3v) is 4.49. The molecular weight excluding hydrogens is 386 g/mol. The fraction of sp³-hybridized carbons (Fsp3) is 0.0870. The smallest absolute Gasteiger partial charge is 0.127 e. The molecule has 0 saturated heterocycles. The molecule has 0 spiro atoms. The van der Waals surface area contributed by atoms with E-state index >= 15 is 0 Å². The summed E-state index contributed by atoms with van der Waals surface area (Å²) in [6.45, 7) is 2.51. The molecule has 3 aromatic carbocycles. The van der Waals surface area contributed by atoms with Crippen LogP contribution < -0.4 is 4.74 Å². The van der Waals surface area contributed by atoms with Gasteiger partial charge in [-0.05, 0) is 42.3 Å². The molecule has 0 aromatic heterocycles. The van der Waals surface area contributed by atoms with Gasteiger partial charge in [0.25, 0.3) is 0 Å². The second-order valence-corrected chi connectivity index (χ2v) is 6.91. The molecule has 0 fully saturated rings. The summed E-state index contributed by atoms with van der Waals surface area (Å²) in [5.41, 5.74) is 4.64. The largest absolute Gasteiger partial charge is 0.488 e. The predicted octanol–water partition coefficient (Wildman–Crippen LogP) is 6.40. The zero-order valence-electron chi connectivity index (χ0n) is 14.4. The molecule has 0 aliphatic heterocycles. The van der Waals surface area contributed by atoms with Crippen LogP contribution in [0.3, 0.4) is 0 Å². The van der Waals surface area contributed by atoms with Gasteiger partial charge in [-0.15, -0.1) is 0 Å². The van der Waals surface area contributed by atoms with E-state index in [1.54, 1.807) is 0 Å². The number of nitriles is 1. The summed E-state index contributed by atoms with van der Waals surface area (Å²) in [6, 6.07) is 26.1. The topological polar surface area (TPSA) is 33.0 Å². The summed E-state index contributed by atoms with van der Waals surface area (Å²) in [5.74, 6) is 0.747. The second kappa shape index (κ2) is 8.51. The maximum absolute atomic E-state index is 9.61. The van der Waals surface area contributed by atoms with Crippen molar-refractivity contribution in [3.63, 3.8) is 0 Å². The van der Waals surface area contributed by atoms with Crippen molar-refractivity contribution in [2.24, 2.45) is 0 Å². The van der Waals surface area contributed by atoms with E-state index in [4.69, 9.17) is 4.74 Å². The predicted molar refractivity (Wildman–Crippen MR) is 110 cm³/mol. The van der Waals surface area contributed by atoms with Gasteiger partial charge in [0.15, 0.2) is 0 Å². The van der Waals surface area contributed by atoms with E-state index in [0.717, 1.165) is 26.9 Å². The highest BCUT2D eigenvalue weighted by Crippen LogP contribution is 2.28. The molecule has 0 aliphatic carbocycles. The Morgan fingerprint density at radius 2 is 1.77 bits per heavy atom. The molecule has 0 amide bonds. The summed E-state index contributed by atoms with van der Waals surface area (Å²) in [6.07, 6.45) is 1.87. The van der Waals surface area contributed by atoms with Crippen molar-refractivity contribution in [3.8, 4) is 11.8 Å². The third kappa shape index (κ3) is 4.62. The molecule has 26 heavy (non-hydrogen) atoms. The molecule has 3 heteroatoms. The van der Waals surface area contributed by atoms with Crippen molar-refractivity contribution in [2.45, 2.75) is 13.5 Å². The van der Waals surface area contributed by atoms with Crippen LogP contribution in [0.4, 0.5) is 0 Å². The average Bonchev–Trinajstić information content (AvgIpc) is 2.67. The zero-order valence-corrected chi connectivity index (χ0v) is 16.0. The van der Waals surface area contributed by atoms with Crippen molar-refractivity contribution in [1.82, 2.24) is 0 Å². The maximum Gasteiger partial charge on any atom is 0.127 e. The van der Waals surface area contributed by atoms with Crippen LogP contribution in [-0.4, -0.2) is 0 Å². The first-order valence-corrected chi connectivity index (χ1v) is 9.10. The van der Waals surface area contributed by atoms with Crippen LogP contribution in [0.2, 0.25) is 0 Å². The lowest BCUT2D eigenvalue weighted by Crippen LogP contribution is -1.97. The summed E-state index contributed by atoms with van der Waals surface area (Å²) in [4.78, 5) is 0. The van der Waals surface area contributed by atoms with Crippen LogP contribution in [0.25, 0.3) is 11.6 Å². The van der Waals surface area contributed by atoms with E-state index in [1.165, 1.54) is 5.56 Å². The number of nitrogens with zero attached hydrogens (tertiary/aromatic N) is 1. The Balaban J connectivity index is 1.91. The molecule has 0 unspecified atom stereocenters. The SMILES string of the molecule is Cc1ccc(/C(C#N)=C\c2cc(Br)ccc2OCc2ccccc2)cc1. The number of benzene rings is 3. The first-order valence-electron chi connectivity index (χ1n) is 8.31. The standard InChI is InChI=1S/C23H18BrNO/c1-17-7-9-19(10-8-17)21(15-25)13-20-14-22(24)11-12-23(20)26-16-18-5-3-2-4-6-18/h2-14H,16H2,1H3/b21-13-. The van der Waals surface area contributed by atoms with Gasteiger partial charge in [0.2, 0.25) is 0 Å². The number of ether oxygens (including phenoxy) is 1. The van der Waals surface area contributed by atoms with Gasteiger partial charge in [0.05, 0.1) is 11.6 Å². The van der Waals surface area contributed by atoms with Crippen molar-refractivity contribution < 1.29 is 4.74 Å². The highest BCUT2D eigenvalue weighted by Gasteiger charge is 2.07. The van der Waals surface area contributed by atoms with Crippen molar-refractivity contribution in [1.29, 1.82) is 5.26 Å². The van der Waals surface area contributed by atoms with Crippen LogP contribution >= 0.6 is 15.9 Å². The van der Waals surface area contributed by atoms with E-state index < -0.39 is 0 Å². The number of rotatable bonds is 5. The molecule has 3 rings (SSSR count). The fourth-order valence-corrected chi connectivity index (χ4v) is 2.95. The van der Waals surface area contributed by atoms with Gasteiger partial charge < -0.3 is 4.74 Å². The van der Waals surface area contributed by atoms with Gasteiger partial charge in [-0.3, -0.25) is 0 Å². The second-order valence-electron chi connectivity index (χ2n) is 5.99. The van der Waals surface area contributed by atoms with Gasteiger partial charge in [-0.2, -0.15) is 5.26 Å². The normalized spacial score (nSPS) is 11.0. The van der Waals surface area contributed by atoms with E-state index in [2.05, 4.69) is 22.0 Å². The molecule has 0 atom stereocenters. The van der Waals surface area contributed by atoms with Crippen LogP contribution in [-0.2, 0) is 6.61 Å². The van der Waals surface area contributed by atoms with Gasteiger partial charge in [-0.1, -0.05) is 76.1 Å². The number of allylic oxidation sites excluding steroid dienone is 1. The van der Waals surface area contributed by atoms with Gasteiger partial charge in [0, 0.05) is 10.0 Å². The monoisotopic (exact) mass is 403 g/mol. The Morgan fingerprint density at radius 3 is 2.46 bits per heavy atom. The first-order chi connectivity index (χ1) is 12.7. The van der Waals surface area contributed by atoms with E-state index in [0.29, 0.717) is 12.2 Å². The van der Waals surface area contributed by atoms with Crippen LogP contribution in [0, 0.1) is 18.3 Å². The van der Waals surface area contributed by atoms with E-state index in [-0.39, 0.29) is 0 Å². The van der Waals surface area contributed by atoms with Gasteiger partial charge in [0.1, 0.15) is 12.4 Å². The lowest BCUT2D eigenvalue weighted by atomic mass is 10.0. The molecule has 0 bridgehead atoms. The van der Waals surface area contributed by atoms with Crippen molar-refractivity contribution in [3.05, 3.63) is 99.5 Å². The molecule has 3 aromatic rings. The molecule has 0 heterocycles. The highest BCUT2D eigenvalue weighted by molar-refractivity contribution is 9.10. The third-order valence-electron chi connectivity index (χ3n) is 3.99. The van der Waals surface area contributed by atoms with Crippen LogP contribution in [0.15, 0.2) is 77.3 Å². The number of hydrogen-bond acceptors (Lipinski definition) is 2. The lowest BCUT2D eigenvalue weighted by molar-refractivity contribution is 0.305. The van der Waals surface area contributed by atoms with Gasteiger partial charge >= 0.3 is 0 Å². The molecule has 0 radical (unpaired) electrons. The molecule has 0 N–H and O–H groups in total. The molecule has 2 nitrogen and oxygen atoms in total. The molecule has 128 valence electrons. The summed E-state index contributed by atoms with van der Waals surface area (Å²) >= 11 is 3.50. The average molecular weight is 404 g/mol. The lowest BCUT2D eigenvalue weighted by Gasteiger charge is -2.11. The van der Waals surface area contributed by atoms with E-state index in [9.17, 15) is 5.26 Å². The Morgan fingerprint density at radius 1 is 1.04 bits per heavy atom. The summed E-state index contributed by atoms with van der Waals surface area (Å²) in [7, 11) is 0. The van der Waals surface area contributed by atoms with Crippen LogP contribution in [0.5, 0.6) is 5.75 Å². The Labute approximate surface area is 162 Å². The number of hydrogen-bond donors (Lipinski definition) is 0. The Hall–Kier alpha value is -2.83.